The van der Waals surface area contributed by atoms with Gasteiger partial charge in [0, 0.05) is 25.8 Å². The molecule has 0 saturated carbocycles. The molecular weight excluding hydrogens is 305 g/mol. The SMILES string of the molecule is CCC(CC)[Si](C)(C)N[Si](C)(C)C.[In]. The van der Waals surface area contributed by atoms with Crippen LogP contribution in [0.25, 0.3) is 0 Å². The van der Waals surface area contributed by atoms with Crippen molar-refractivity contribution in [3.05, 3.63) is 0 Å². The van der Waals surface area contributed by atoms with E-state index in [4.69, 9.17) is 0 Å². The van der Waals surface area contributed by atoms with Crippen molar-refractivity contribution >= 4 is 42.3 Å². The Balaban J connectivity index is 0. The van der Waals surface area contributed by atoms with E-state index >= 15 is 0 Å². The summed E-state index contributed by atoms with van der Waals surface area (Å²) in [7, 11) is -2.23. The largest absolute Gasteiger partial charge is 0.359 e. The fourth-order valence-corrected chi connectivity index (χ4v) is 13.0. The van der Waals surface area contributed by atoms with Crippen molar-refractivity contribution in [2.75, 3.05) is 0 Å². The molecule has 4 heteroatoms. The Hall–Kier alpha value is 1.26. The molecule has 0 aromatic rings. The summed E-state index contributed by atoms with van der Waals surface area (Å²) >= 11 is 0. The second-order valence-corrected chi connectivity index (χ2v) is 15.4. The third kappa shape index (κ3) is 6.69. The average Bonchev–Trinajstić information content (AvgIpc) is 1.83. The molecule has 0 rings (SSSR count). The minimum atomic E-state index is -1.16. The van der Waals surface area contributed by atoms with Crippen LogP contribution in [0.4, 0.5) is 0 Å². The third-order valence-electron chi connectivity index (χ3n) is 2.70. The van der Waals surface area contributed by atoms with Gasteiger partial charge in [0.15, 0.2) is 0 Å². The average molecular weight is 332 g/mol. The zero-order valence-corrected chi connectivity index (χ0v) is 16.4. The minimum absolute atomic E-state index is 0. The summed E-state index contributed by atoms with van der Waals surface area (Å²) in [6.07, 6.45) is 2.68. The summed E-state index contributed by atoms with van der Waals surface area (Å²) < 4.78 is 3.98. The molecule has 0 aliphatic heterocycles. The van der Waals surface area contributed by atoms with Gasteiger partial charge in [0.2, 0.25) is 0 Å². The molecule has 1 nitrogen and oxygen atoms in total. The first-order valence-corrected chi connectivity index (χ1v) is 12.1. The summed E-state index contributed by atoms with van der Waals surface area (Å²) in [6, 6.07) is 0. The molecule has 0 aliphatic carbocycles. The predicted octanol–water partition coefficient (Wildman–Crippen LogP) is 3.43. The van der Waals surface area contributed by atoms with E-state index in [9.17, 15) is 0 Å². The number of hydrogen-bond acceptors (Lipinski definition) is 1. The van der Waals surface area contributed by atoms with Crippen LogP contribution in [-0.2, 0) is 0 Å². The first kappa shape index (κ1) is 17.7. The monoisotopic (exact) mass is 332 g/mol. The molecule has 0 heterocycles. The molecule has 0 aliphatic rings. The maximum atomic E-state index is 3.98. The molecule has 0 aromatic heterocycles. The van der Waals surface area contributed by atoms with E-state index in [1.165, 1.54) is 12.8 Å². The summed E-state index contributed by atoms with van der Waals surface area (Å²) in [5.74, 6) is 0. The van der Waals surface area contributed by atoms with Crippen LogP contribution < -0.4 is 4.65 Å². The van der Waals surface area contributed by atoms with Gasteiger partial charge in [-0.3, -0.25) is 0 Å². The van der Waals surface area contributed by atoms with E-state index in [1.807, 2.05) is 0 Å². The third-order valence-corrected chi connectivity index (χ3v) is 11.1. The van der Waals surface area contributed by atoms with Gasteiger partial charge in [0.25, 0.3) is 0 Å². The molecule has 14 heavy (non-hydrogen) atoms. The topological polar surface area (TPSA) is 12.0 Å². The van der Waals surface area contributed by atoms with Crippen LogP contribution in [0.3, 0.4) is 0 Å². The second kappa shape index (κ2) is 6.76. The molecule has 0 saturated heterocycles. The Morgan fingerprint density at radius 3 is 1.50 bits per heavy atom. The summed E-state index contributed by atoms with van der Waals surface area (Å²) in [5.41, 5.74) is 0.944. The van der Waals surface area contributed by atoms with Gasteiger partial charge >= 0.3 is 0 Å². The Morgan fingerprint density at radius 2 is 1.29 bits per heavy atom. The maximum absolute atomic E-state index is 3.98. The van der Waals surface area contributed by atoms with Crippen molar-refractivity contribution in [2.24, 2.45) is 0 Å². The molecule has 83 valence electrons. The van der Waals surface area contributed by atoms with Crippen LogP contribution in [0.1, 0.15) is 26.7 Å². The van der Waals surface area contributed by atoms with Crippen molar-refractivity contribution in [2.45, 2.75) is 65.0 Å². The van der Waals surface area contributed by atoms with Crippen LogP contribution in [0.15, 0.2) is 0 Å². The molecule has 0 unspecified atom stereocenters. The molecule has 0 amide bonds. The van der Waals surface area contributed by atoms with E-state index in [2.05, 4.69) is 51.2 Å². The number of nitrogens with one attached hydrogen (secondary N) is 1. The zero-order valence-electron chi connectivity index (χ0n) is 11.1. The van der Waals surface area contributed by atoms with Crippen LogP contribution in [0.2, 0.25) is 38.3 Å². The summed E-state index contributed by atoms with van der Waals surface area (Å²) in [4.78, 5) is 0. The normalized spacial score (nSPS) is 12.9. The van der Waals surface area contributed by atoms with Gasteiger partial charge in [-0.2, -0.15) is 0 Å². The molecule has 0 fully saturated rings. The molecule has 0 aromatic carbocycles. The van der Waals surface area contributed by atoms with Crippen molar-refractivity contribution in [1.82, 2.24) is 4.65 Å². The molecule has 0 atom stereocenters. The summed E-state index contributed by atoms with van der Waals surface area (Å²) in [6.45, 7) is 16.9. The van der Waals surface area contributed by atoms with Gasteiger partial charge in [0.05, 0.1) is 0 Å². The molecular formula is C10H27InNSi2. The van der Waals surface area contributed by atoms with Gasteiger partial charge in [0.1, 0.15) is 16.5 Å². The Morgan fingerprint density at radius 1 is 0.929 bits per heavy atom. The van der Waals surface area contributed by atoms with Gasteiger partial charge in [-0.15, -0.1) is 0 Å². The Bertz CT molecular complexity index is 151. The van der Waals surface area contributed by atoms with Gasteiger partial charge < -0.3 is 4.65 Å². The van der Waals surface area contributed by atoms with E-state index in [-0.39, 0.29) is 25.8 Å². The van der Waals surface area contributed by atoms with E-state index in [1.54, 1.807) is 0 Å². The predicted molar refractivity (Wildman–Crippen MR) is 74.0 cm³/mol. The fraction of sp³-hybridized carbons (Fsp3) is 1.00. The molecule has 1 N–H and O–H groups in total. The number of rotatable bonds is 5. The standard InChI is InChI=1S/C10H27NSi2.In/c1-8-10(9-2)13(6,7)11-12(3,4)5;/h10-11H,8-9H2,1-7H3;. The zero-order chi connectivity index (χ0) is 10.7. The fourth-order valence-electron chi connectivity index (χ4n) is 2.38. The maximum Gasteiger partial charge on any atom is 0.116 e. The number of hydrogen-bond donors (Lipinski definition) is 1. The second-order valence-electron chi connectivity index (χ2n) is 5.61. The van der Waals surface area contributed by atoms with Crippen molar-refractivity contribution < 1.29 is 0 Å². The van der Waals surface area contributed by atoms with Crippen LogP contribution in [-0.4, -0.2) is 42.3 Å². The van der Waals surface area contributed by atoms with Gasteiger partial charge in [-0.1, -0.05) is 59.4 Å². The first-order valence-electron chi connectivity index (χ1n) is 5.52. The van der Waals surface area contributed by atoms with E-state index in [0.29, 0.717) is 0 Å². The van der Waals surface area contributed by atoms with Crippen LogP contribution in [0, 0.1) is 0 Å². The van der Waals surface area contributed by atoms with Gasteiger partial charge in [-0.25, -0.2) is 0 Å². The van der Waals surface area contributed by atoms with Gasteiger partial charge in [-0.05, 0) is 5.54 Å². The van der Waals surface area contributed by atoms with Crippen molar-refractivity contribution in [3.8, 4) is 0 Å². The van der Waals surface area contributed by atoms with E-state index < -0.39 is 16.5 Å². The quantitative estimate of drug-likeness (QED) is 0.761. The minimum Gasteiger partial charge on any atom is -0.359 e. The molecule has 3 radical (unpaired) electrons. The Kier molecular flexibility index (Phi) is 8.53. The van der Waals surface area contributed by atoms with Crippen LogP contribution >= 0.6 is 0 Å². The van der Waals surface area contributed by atoms with Crippen LogP contribution in [0.5, 0.6) is 0 Å². The molecule has 0 bridgehead atoms. The first-order chi connectivity index (χ1) is 5.73. The summed E-state index contributed by atoms with van der Waals surface area (Å²) in [5, 5.41) is 0. The smallest absolute Gasteiger partial charge is 0.116 e. The van der Waals surface area contributed by atoms with Crippen molar-refractivity contribution in [1.29, 1.82) is 0 Å². The van der Waals surface area contributed by atoms with E-state index in [0.717, 1.165) is 5.54 Å². The Labute approximate surface area is 111 Å². The van der Waals surface area contributed by atoms with Crippen molar-refractivity contribution in [3.63, 3.8) is 0 Å². The molecule has 0 spiro atoms.